The smallest absolute Gasteiger partial charge is 0.248 e. The Bertz CT molecular complexity index is 771. The van der Waals surface area contributed by atoms with Crippen molar-refractivity contribution in [3.63, 3.8) is 0 Å². The minimum atomic E-state index is -4.49. The predicted molar refractivity (Wildman–Crippen MR) is 75.5 cm³/mol. The number of nitrogens with zero attached hydrogens (tertiary/aromatic N) is 1. The zero-order valence-corrected chi connectivity index (χ0v) is 13.1. The molecule has 3 nitrogen and oxygen atoms in total. The van der Waals surface area contributed by atoms with E-state index in [9.17, 15) is 21.6 Å². The maximum atomic E-state index is 12.7. The van der Waals surface area contributed by atoms with Crippen LogP contribution in [0.25, 0.3) is 11.1 Å². The molecule has 0 N–H and O–H groups in total. The first kappa shape index (κ1) is 16.0. The van der Waals surface area contributed by atoms with Gasteiger partial charge in [0.15, 0.2) is 9.84 Å². The van der Waals surface area contributed by atoms with E-state index >= 15 is 0 Å². The molecule has 112 valence electrons. The van der Waals surface area contributed by atoms with Crippen molar-refractivity contribution >= 4 is 25.8 Å². The molecular formula is C13H9BrF3NO2S. The molecule has 0 bridgehead atoms. The van der Waals surface area contributed by atoms with E-state index in [1.165, 1.54) is 24.3 Å². The Morgan fingerprint density at radius 2 is 1.71 bits per heavy atom. The second-order valence-electron chi connectivity index (χ2n) is 4.36. The normalized spacial score (nSPS) is 12.4. The number of pyridine rings is 1. The molecule has 0 unspecified atom stereocenters. The summed E-state index contributed by atoms with van der Waals surface area (Å²) in [6.07, 6.45) is -2.70. The van der Waals surface area contributed by atoms with Gasteiger partial charge in [-0.25, -0.2) is 13.4 Å². The van der Waals surface area contributed by atoms with Crippen molar-refractivity contribution in [2.24, 2.45) is 0 Å². The van der Waals surface area contributed by atoms with E-state index in [1.807, 2.05) is 0 Å². The molecule has 8 heteroatoms. The molecule has 0 saturated heterocycles. The molecule has 0 fully saturated rings. The lowest BCUT2D eigenvalue weighted by Crippen LogP contribution is -2.06. The van der Waals surface area contributed by atoms with Crippen LogP contribution in [-0.2, 0) is 16.0 Å². The van der Waals surface area contributed by atoms with Crippen LogP contribution in [0.3, 0.4) is 0 Å². The Hall–Kier alpha value is -1.41. The molecule has 2 aromatic rings. The molecule has 1 aromatic carbocycles. The van der Waals surface area contributed by atoms with Crippen molar-refractivity contribution in [1.29, 1.82) is 0 Å². The molecule has 1 aromatic heterocycles. The number of hydrogen-bond acceptors (Lipinski definition) is 3. The Morgan fingerprint density at radius 3 is 2.19 bits per heavy atom. The molecule has 0 atom stereocenters. The van der Waals surface area contributed by atoms with Gasteiger partial charge < -0.3 is 0 Å². The molecule has 0 aliphatic carbocycles. The second kappa shape index (κ2) is 5.42. The van der Waals surface area contributed by atoms with Crippen molar-refractivity contribution in [1.82, 2.24) is 4.98 Å². The Morgan fingerprint density at radius 1 is 1.14 bits per heavy atom. The van der Waals surface area contributed by atoms with Gasteiger partial charge in [0.2, 0.25) is 0 Å². The SMILES string of the molecule is CS(=O)(=O)c1ccc(-c2cc(C(F)(F)F)cnc2Br)cc1. The third-order valence-corrected chi connectivity index (χ3v) is 4.52. The maximum absolute atomic E-state index is 12.7. The standard InChI is InChI=1S/C13H9BrF3NO2S/c1-21(19,20)10-4-2-8(3-5-10)11-6-9(13(15,16)17)7-18-12(11)14/h2-7H,1H3. The maximum Gasteiger partial charge on any atom is 0.417 e. The molecule has 0 aliphatic rings. The predicted octanol–water partition coefficient (Wildman–Crippen LogP) is 3.93. The largest absolute Gasteiger partial charge is 0.417 e. The second-order valence-corrected chi connectivity index (χ2v) is 7.12. The summed E-state index contributed by atoms with van der Waals surface area (Å²) in [6, 6.07) is 6.54. The fourth-order valence-corrected chi connectivity index (χ4v) is 2.76. The summed E-state index contributed by atoms with van der Waals surface area (Å²) in [5.74, 6) is 0. The molecule has 1 heterocycles. The van der Waals surface area contributed by atoms with E-state index in [1.54, 1.807) is 0 Å². The number of sulfone groups is 1. The third kappa shape index (κ3) is 3.62. The van der Waals surface area contributed by atoms with Crippen molar-refractivity contribution in [2.75, 3.05) is 6.26 Å². The highest BCUT2D eigenvalue weighted by Crippen LogP contribution is 2.34. The van der Waals surface area contributed by atoms with Crippen molar-refractivity contribution in [2.45, 2.75) is 11.1 Å². The van der Waals surface area contributed by atoms with E-state index < -0.39 is 21.6 Å². The lowest BCUT2D eigenvalue weighted by Gasteiger charge is -2.10. The lowest BCUT2D eigenvalue weighted by molar-refractivity contribution is -0.137. The quantitative estimate of drug-likeness (QED) is 0.742. The molecule has 0 saturated carbocycles. The first-order valence-corrected chi connectivity index (χ1v) is 8.31. The van der Waals surface area contributed by atoms with E-state index in [2.05, 4.69) is 20.9 Å². The average molecular weight is 380 g/mol. The highest BCUT2D eigenvalue weighted by Gasteiger charge is 2.31. The van der Waals surface area contributed by atoms with Gasteiger partial charge in [0.05, 0.1) is 10.5 Å². The summed E-state index contributed by atoms with van der Waals surface area (Å²) in [5.41, 5.74) is -0.189. The van der Waals surface area contributed by atoms with Gasteiger partial charge in [-0.15, -0.1) is 0 Å². The number of hydrogen-bond donors (Lipinski definition) is 0. The van der Waals surface area contributed by atoms with Gasteiger partial charge in [-0.1, -0.05) is 12.1 Å². The Balaban J connectivity index is 2.52. The van der Waals surface area contributed by atoms with Crippen LogP contribution in [0.5, 0.6) is 0 Å². The van der Waals surface area contributed by atoms with Crippen LogP contribution < -0.4 is 0 Å². The lowest BCUT2D eigenvalue weighted by atomic mass is 10.1. The Labute approximate surface area is 127 Å². The molecule has 0 aliphatic heterocycles. The van der Waals surface area contributed by atoms with Gasteiger partial charge in [-0.05, 0) is 39.7 Å². The van der Waals surface area contributed by atoms with Gasteiger partial charge in [-0.3, -0.25) is 0 Å². The van der Waals surface area contributed by atoms with Gasteiger partial charge in [0, 0.05) is 18.0 Å². The highest BCUT2D eigenvalue weighted by atomic mass is 79.9. The van der Waals surface area contributed by atoms with E-state index in [0.29, 0.717) is 5.56 Å². The first-order valence-electron chi connectivity index (χ1n) is 5.62. The van der Waals surface area contributed by atoms with Crippen molar-refractivity contribution in [3.05, 3.63) is 46.7 Å². The number of aromatic nitrogens is 1. The van der Waals surface area contributed by atoms with E-state index in [0.717, 1.165) is 18.5 Å². The van der Waals surface area contributed by atoms with Crippen molar-refractivity contribution < 1.29 is 21.6 Å². The van der Waals surface area contributed by atoms with Gasteiger partial charge in [0.1, 0.15) is 4.60 Å². The summed E-state index contributed by atoms with van der Waals surface area (Å²) >= 11 is 3.10. The first-order chi connectivity index (χ1) is 9.59. The molecule has 0 spiro atoms. The van der Waals surface area contributed by atoms with Crippen LogP contribution in [0.4, 0.5) is 13.2 Å². The molecule has 0 amide bonds. The van der Waals surface area contributed by atoms with Crippen molar-refractivity contribution in [3.8, 4) is 11.1 Å². The summed E-state index contributed by atoms with van der Waals surface area (Å²) in [5, 5.41) is 0. The molecular weight excluding hydrogens is 371 g/mol. The fraction of sp³-hybridized carbons (Fsp3) is 0.154. The number of halogens is 4. The van der Waals surface area contributed by atoms with Crippen LogP contribution in [0.15, 0.2) is 46.0 Å². The minimum absolute atomic E-state index is 0.0994. The van der Waals surface area contributed by atoms with Crippen LogP contribution in [0.2, 0.25) is 0 Å². The van der Waals surface area contributed by atoms with Crippen LogP contribution in [-0.4, -0.2) is 19.7 Å². The average Bonchev–Trinajstić information content (AvgIpc) is 2.37. The fourth-order valence-electron chi connectivity index (χ4n) is 1.69. The molecule has 21 heavy (non-hydrogen) atoms. The number of benzene rings is 1. The minimum Gasteiger partial charge on any atom is -0.248 e. The summed E-state index contributed by atoms with van der Waals surface area (Å²) in [7, 11) is -3.35. The van der Waals surface area contributed by atoms with E-state index in [-0.39, 0.29) is 15.1 Å². The summed E-state index contributed by atoms with van der Waals surface area (Å²) < 4.78 is 61.1. The van der Waals surface area contributed by atoms with Gasteiger partial charge >= 0.3 is 6.18 Å². The highest BCUT2D eigenvalue weighted by molar-refractivity contribution is 9.10. The zero-order valence-electron chi connectivity index (χ0n) is 10.6. The monoisotopic (exact) mass is 379 g/mol. The summed E-state index contributed by atoms with van der Waals surface area (Å²) in [6.45, 7) is 0. The third-order valence-electron chi connectivity index (χ3n) is 2.76. The van der Waals surface area contributed by atoms with E-state index in [4.69, 9.17) is 0 Å². The van der Waals surface area contributed by atoms with Gasteiger partial charge in [-0.2, -0.15) is 13.2 Å². The number of alkyl halides is 3. The number of rotatable bonds is 2. The summed E-state index contributed by atoms with van der Waals surface area (Å²) in [4.78, 5) is 3.77. The van der Waals surface area contributed by atoms with Crippen LogP contribution >= 0.6 is 15.9 Å². The van der Waals surface area contributed by atoms with Gasteiger partial charge in [0.25, 0.3) is 0 Å². The topological polar surface area (TPSA) is 47.0 Å². The van der Waals surface area contributed by atoms with Crippen LogP contribution in [0.1, 0.15) is 5.56 Å². The molecule has 2 rings (SSSR count). The Kier molecular flexibility index (Phi) is 4.12. The van der Waals surface area contributed by atoms with Crippen LogP contribution in [0, 0.1) is 0 Å². The zero-order chi connectivity index (χ0) is 15.8. The molecule has 0 radical (unpaired) electrons.